The lowest BCUT2D eigenvalue weighted by Crippen LogP contribution is -2.38. The molecule has 0 aliphatic carbocycles. The highest BCUT2D eigenvalue weighted by molar-refractivity contribution is 7.15. The van der Waals surface area contributed by atoms with Crippen molar-refractivity contribution in [3.63, 3.8) is 0 Å². The minimum atomic E-state index is -0.209. The second-order valence-corrected chi connectivity index (χ2v) is 8.34. The van der Waals surface area contributed by atoms with Crippen molar-refractivity contribution in [1.29, 1.82) is 0 Å². The summed E-state index contributed by atoms with van der Waals surface area (Å²) in [5.41, 5.74) is 2.71. The number of rotatable bonds is 5. The number of aryl methyl sites for hydroxylation is 1. The van der Waals surface area contributed by atoms with E-state index in [0.29, 0.717) is 29.7 Å². The average molecular weight is 429 g/mol. The van der Waals surface area contributed by atoms with Gasteiger partial charge in [-0.2, -0.15) is 0 Å². The third kappa shape index (κ3) is 4.75. The molecule has 4 rings (SSSR count). The Morgan fingerprint density at radius 2 is 2.10 bits per heavy atom. The van der Waals surface area contributed by atoms with Gasteiger partial charge < -0.3 is 9.64 Å². The molecule has 0 atom stereocenters. The monoisotopic (exact) mass is 428 g/mol. The van der Waals surface area contributed by atoms with Crippen LogP contribution >= 0.6 is 22.9 Å². The number of morpholine rings is 1. The molecule has 0 bridgehead atoms. The molecule has 1 amide bonds. The Kier molecular flexibility index (Phi) is 6.08. The number of halogens is 1. The molecule has 2 aromatic heterocycles. The Balaban J connectivity index is 1.46. The van der Waals surface area contributed by atoms with Gasteiger partial charge in [0.2, 0.25) is 0 Å². The summed E-state index contributed by atoms with van der Waals surface area (Å²) in [7, 11) is 0. The Labute approximate surface area is 178 Å². The Morgan fingerprint density at radius 1 is 1.28 bits per heavy atom. The van der Waals surface area contributed by atoms with Crippen LogP contribution in [0.25, 0.3) is 0 Å². The van der Waals surface area contributed by atoms with Crippen LogP contribution in [-0.2, 0) is 11.2 Å². The fraction of sp³-hybridized carbons (Fsp3) is 0.286. The normalized spacial score (nSPS) is 14.1. The molecule has 6 nitrogen and oxygen atoms in total. The highest BCUT2D eigenvalue weighted by atomic mass is 35.5. The van der Waals surface area contributed by atoms with Crippen molar-refractivity contribution in [2.75, 3.05) is 36.5 Å². The van der Waals surface area contributed by atoms with E-state index in [0.717, 1.165) is 40.5 Å². The number of amides is 1. The first-order chi connectivity index (χ1) is 14.1. The first-order valence-electron chi connectivity index (χ1n) is 9.39. The van der Waals surface area contributed by atoms with Crippen molar-refractivity contribution >= 4 is 39.8 Å². The highest BCUT2D eigenvalue weighted by Crippen LogP contribution is 2.25. The highest BCUT2D eigenvalue weighted by Gasteiger charge is 2.20. The Hall–Kier alpha value is -2.48. The van der Waals surface area contributed by atoms with E-state index in [-0.39, 0.29) is 5.91 Å². The van der Waals surface area contributed by atoms with Crippen molar-refractivity contribution in [3.8, 4) is 0 Å². The molecule has 1 aliphatic rings. The van der Waals surface area contributed by atoms with Crippen LogP contribution in [0, 0.1) is 6.92 Å². The van der Waals surface area contributed by atoms with Gasteiger partial charge in [0.15, 0.2) is 5.13 Å². The molecule has 3 aromatic rings. The number of pyridine rings is 1. The van der Waals surface area contributed by atoms with Crippen molar-refractivity contribution in [2.45, 2.75) is 13.3 Å². The van der Waals surface area contributed by atoms with Crippen LogP contribution in [0.2, 0.25) is 5.02 Å². The lowest BCUT2D eigenvalue weighted by Gasteiger charge is -2.29. The molecular formula is C21H21ClN4O2S. The largest absolute Gasteiger partial charge is 0.378 e. The smallest absolute Gasteiger partial charge is 0.261 e. The van der Waals surface area contributed by atoms with Crippen LogP contribution in [0.1, 0.15) is 26.4 Å². The molecule has 0 unspecified atom stereocenters. The maximum Gasteiger partial charge on any atom is 0.261 e. The minimum absolute atomic E-state index is 0.209. The summed E-state index contributed by atoms with van der Waals surface area (Å²) in [4.78, 5) is 24.8. The summed E-state index contributed by atoms with van der Waals surface area (Å²) in [6, 6.07) is 9.60. The van der Waals surface area contributed by atoms with Crippen LogP contribution in [0.5, 0.6) is 0 Å². The molecule has 150 valence electrons. The number of thiazole rings is 1. The predicted octanol–water partition coefficient (Wildman–Crippen LogP) is 4.18. The standard InChI is InChI=1S/C21H21ClN4O2S/c1-14-4-5-15(12-18(14)22)11-16-13-24-21(29-16)25-20(27)17-3-2-6-23-19(17)26-7-9-28-10-8-26/h2-6,12-13H,7-11H2,1H3,(H,24,25,27). The maximum absolute atomic E-state index is 12.9. The zero-order valence-electron chi connectivity index (χ0n) is 16.0. The minimum Gasteiger partial charge on any atom is -0.378 e. The van der Waals surface area contributed by atoms with Crippen LogP contribution in [-0.4, -0.2) is 42.2 Å². The Bertz CT molecular complexity index is 1020. The first-order valence-corrected chi connectivity index (χ1v) is 10.6. The van der Waals surface area contributed by atoms with Crippen LogP contribution in [0.3, 0.4) is 0 Å². The van der Waals surface area contributed by atoms with E-state index in [9.17, 15) is 4.79 Å². The van der Waals surface area contributed by atoms with Gasteiger partial charge in [0.25, 0.3) is 5.91 Å². The molecule has 8 heteroatoms. The van der Waals surface area contributed by atoms with Crippen molar-refractivity contribution in [3.05, 3.63) is 69.3 Å². The average Bonchev–Trinajstić information content (AvgIpc) is 3.18. The second kappa shape index (κ2) is 8.90. The van der Waals surface area contributed by atoms with Crippen molar-refractivity contribution in [1.82, 2.24) is 9.97 Å². The number of ether oxygens (including phenoxy) is 1. The van der Waals surface area contributed by atoms with Gasteiger partial charge in [-0.05, 0) is 36.2 Å². The zero-order chi connectivity index (χ0) is 20.2. The molecule has 3 heterocycles. The van der Waals surface area contributed by atoms with E-state index in [2.05, 4.69) is 26.3 Å². The van der Waals surface area contributed by atoms with Crippen LogP contribution in [0.4, 0.5) is 10.9 Å². The number of benzene rings is 1. The molecular weight excluding hydrogens is 408 g/mol. The van der Waals surface area contributed by atoms with Gasteiger partial charge in [0.05, 0.1) is 18.8 Å². The number of nitrogens with zero attached hydrogens (tertiary/aromatic N) is 3. The summed E-state index contributed by atoms with van der Waals surface area (Å²) < 4.78 is 5.40. The lowest BCUT2D eigenvalue weighted by atomic mass is 10.1. The third-order valence-electron chi connectivity index (χ3n) is 4.73. The van der Waals surface area contributed by atoms with E-state index >= 15 is 0 Å². The molecule has 0 radical (unpaired) electrons. The van der Waals surface area contributed by atoms with Gasteiger partial charge in [-0.1, -0.05) is 23.7 Å². The van der Waals surface area contributed by atoms with Gasteiger partial charge in [0, 0.05) is 41.8 Å². The van der Waals surface area contributed by atoms with E-state index in [4.69, 9.17) is 16.3 Å². The molecule has 0 spiro atoms. The summed E-state index contributed by atoms with van der Waals surface area (Å²) in [6.07, 6.45) is 4.22. The fourth-order valence-corrected chi connectivity index (χ4v) is 4.21. The predicted molar refractivity (Wildman–Crippen MR) is 116 cm³/mol. The quantitative estimate of drug-likeness (QED) is 0.660. The summed E-state index contributed by atoms with van der Waals surface area (Å²) >= 11 is 7.68. The van der Waals surface area contributed by atoms with Crippen LogP contribution < -0.4 is 10.2 Å². The van der Waals surface area contributed by atoms with Gasteiger partial charge in [-0.15, -0.1) is 11.3 Å². The zero-order valence-corrected chi connectivity index (χ0v) is 17.6. The lowest BCUT2D eigenvalue weighted by molar-refractivity contribution is 0.102. The third-order valence-corrected chi connectivity index (χ3v) is 6.05. The summed E-state index contributed by atoms with van der Waals surface area (Å²) in [6.45, 7) is 4.69. The molecule has 1 saturated heterocycles. The summed E-state index contributed by atoms with van der Waals surface area (Å²) in [5.74, 6) is 0.471. The Morgan fingerprint density at radius 3 is 2.90 bits per heavy atom. The van der Waals surface area contributed by atoms with Gasteiger partial charge >= 0.3 is 0 Å². The fourth-order valence-electron chi connectivity index (χ4n) is 3.16. The SMILES string of the molecule is Cc1ccc(Cc2cnc(NC(=O)c3cccnc3N3CCOCC3)s2)cc1Cl. The number of carbonyl (C=O) groups is 1. The number of aromatic nitrogens is 2. The molecule has 1 N–H and O–H groups in total. The molecule has 1 aromatic carbocycles. The summed E-state index contributed by atoms with van der Waals surface area (Å²) in [5, 5.41) is 4.24. The number of anilines is 2. The number of nitrogens with one attached hydrogen (secondary N) is 1. The number of carbonyl (C=O) groups excluding carboxylic acids is 1. The first kappa shape index (κ1) is 19.8. The van der Waals surface area contributed by atoms with Gasteiger partial charge in [-0.25, -0.2) is 9.97 Å². The molecule has 0 saturated carbocycles. The number of hydrogen-bond acceptors (Lipinski definition) is 6. The molecule has 1 fully saturated rings. The van der Waals surface area contributed by atoms with E-state index in [1.807, 2.05) is 19.1 Å². The van der Waals surface area contributed by atoms with Crippen LogP contribution in [0.15, 0.2) is 42.7 Å². The number of hydrogen-bond donors (Lipinski definition) is 1. The van der Waals surface area contributed by atoms with Crippen molar-refractivity contribution in [2.24, 2.45) is 0 Å². The molecule has 1 aliphatic heterocycles. The molecule has 29 heavy (non-hydrogen) atoms. The van der Waals surface area contributed by atoms with E-state index < -0.39 is 0 Å². The maximum atomic E-state index is 12.9. The van der Waals surface area contributed by atoms with Crippen molar-refractivity contribution < 1.29 is 9.53 Å². The van der Waals surface area contributed by atoms with E-state index in [1.165, 1.54) is 11.3 Å². The van der Waals surface area contributed by atoms with Gasteiger partial charge in [0.1, 0.15) is 5.82 Å². The second-order valence-electron chi connectivity index (χ2n) is 6.82. The van der Waals surface area contributed by atoms with Gasteiger partial charge in [-0.3, -0.25) is 10.1 Å². The van der Waals surface area contributed by atoms with E-state index in [1.54, 1.807) is 24.5 Å². The topological polar surface area (TPSA) is 67.4 Å².